The van der Waals surface area contributed by atoms with E-state index in [4.69, 9.17) is 5.73 Å². The highest BCUT2D eigenvalue weighted by molar-refractivity contribution is 5.97. The summed E-state index contributed by atoms with van der Waals surface area (Å²) in [5.74, 6) is 0.651. The van der Waals surface area contributed by atoms with Gasteiger partial charge in [0.2, 0.25) is 0 Å². The highest BCUT2D eigenvalue weighted by Crippen LogP contribution is 2.35. The van der Waals surface area contributed by atoms with Crippen LogP contribution in [-0.4, -0.2) is 21.4 Å². The Morgan fingerprint density at radius 1 is 1.53 bits per heavy atom. The molecule has 0 saturated heterocycles. The maximum atomic E-state index is 12.3. The fraction of sp³-hybridized carbons (Fsp3) is 0.643. The maximum absolute atomic E-state index is 12.3. The molecule has 1 heterocycles. The van der Waals surface area contributed by atoms with Gasteiger partial charge in [-0.1, -0.05) is 20.8 Å². The summed E-state index contributed by atoms with van der Waals surface area (Å²) < 4.78 is 0. The molecule has 5 heteroatoms. The Morgan fingerprint density at radius 2 is 2.21 bits per heavy atom. The van der Waals surface area contributed by atoms with Gasteiger partial charge in [-0.2, -0.15) is 0 Å². The van der Waals surface area contributed by atoms with E-state index in [1.54, 1.807) is 0 Å². The van der Waals surface area contributed by atoms with Crippen molar-refractivity contribution in [3.8, 4) is 0 Å². The molecule has 104 valence electrons. The van der Waals surface area contributed by atoms with Crippen molar-refractivity contribution in [1.29, 1.82) is 0 Å². The number of amides is 1. The van der Waals surface area contributed by atoms with Crippen molar-refractivity contribution in [2.75, 3.05) is 5.73 Å². The molecule has 0 bridgehead atoms. The zero-order valence-electron chi connectivity index (χ0n) is 11.9. The standard InChI is InChI=1S/C14H22N4O/c1-4-14(6-5-7-14)18-13(19)11-10(15)8-16-12(17-11)9(2)3/h8-9H,4-7,15H2,1-3H3,(H,18,19). The fourth-order valence-corrected chi connectivity index (χ4v) is 2.34. The van der Waals surface area contributed by atoms with Crippen molar-refractivity contribution < 1.29 is 4.79 Å². The van der Waals surface area contributed by atoms with Gasteiger partial charge in [-0.15, -0.1) is 0 Å². The third kappa shape index (κ3) is 2.69. The van der Waals surface area contributed by atoms with E-state index in [9.17, 15) is 4.79 Å². The first kappa shape index (κ1) is 13.8. The Kier molecular flexibility index (Phi) is 3.73. The van der Waals surface area contributed by atoms with Gasteiger partial charge in [-0.25, -0.2) is 9.97 Å². The van der Waals surface area contributed by atoms with E-state index in [1.807, 2.05) is 13.8 Å². The van der Waals surface area contributed by atoms with E-state index >= 15 is 0 Å². The van der Waals surface area contributed by atoms with Crippen molar-refractivity contribution in [2.45, 2.75) is 57.9 Å². The molecule has 2 rings (SSSR count). The molecule has 1 fully saturated rings. The molecule has 1 saturated carbocycles. The Morgan fingerprint density at radius 3 is 2.68 bits per heavy atom. The Balaban J connectivity index is 2.21. The van der Waals surface area contributed by atoms with Crippen LogP contribution in [0.1, 0.15) is 68.7 Å². The largest absolute Gasteiger partial charge is 0.396 e. The predicted octanol–water partition coefficient (Wildman–Crippen LogP) is 2.24. The smallest absolute Gasteiger partial charge is 0.272 e. The van der Waals surface area contributed by atoms with Crippen LogP contribution in [-0.2, 0) is 0 Å². The van der Waals surface area contributed by atoms with Crippen molar-refractivity contribution in [1.82, 2.24) is 15.3 Å². The van der Waals surface area contributed by atoms with Gasteiger partial charge in [0, 0.05) is 11.5 Å². The van der Waals surface area contributed by atoms with E-state index in [-0.39, 0.29) is 17.4 Å². The molecule has 5 nitrogen and oxygen atoms in total. The molecule has 0 aliphatic heterocycles. The van der Waals surface area contributed by atoms with E-state index in [2.05, 4.69) is 22.2 Å². The molecule has 19 heavy (non-hydrogen) atoms. The van der Waals surface area contributed by atoms with Gasteiger partial charge in [0.05, 0.1) is 11.9 Å². The van der Waals surface area contributed by atoms with Gasteiger partial charge >= 0.3 is 0 Å². The first-order valence-electron chi connectivity index (χ1n) is 6.92. The Hall–Kier alpha value is -1.65. The van der Waals surface area contributed by atoms with Crippen molar-refractivity contribution in [2.24, 2.45) is 0 Å². The molecule has 1 aromatic heterocycles. The normalized spacial score (nSPS) is 17.1. The second kappa shape index (κ2) is 5.15. The van der Waals surface area contributed by atoms with Gasteiger partial charge < -0.3 is 11.1 Å². The lowest BCUT2D eigenvalue weighted by atomic mass is 9.75. The summed E-state index contributed by atoms with van der Waals surface area (Å²) in [6.07, 6.45) is 5.72. The molecule has 0 aromatic carbocycles. The summed E-state index contributed by atoms with van der Waals surface area (Å²) in [6, 6.07) is 0. The second-order valence-electron chi connectivity index (χ2n) is 5.63. The summed E-state index contributed by atoms with van der Waals surface area (Å²) in [4.78, 5) is 20.8. The molecule has 3 N–H and O–H groups in total. The molecule has 0 radical (unpaired) electrons. The summed E-state index contributed by atoms with van der Waals surface area (Å²) in [5, 5.41) is 3.09. The molecule has 0 unspecified atom stereocenters. The van der Waals surface area contributed by atoms with Crippen LogP contribution < -0.4 is 11.1 Å². The number of nitrogen functional groups attached to an aromatic ring is 1. The molecule has 0 spiro atoms. The lowest BCUT2D eigenvalue weighted by Crippen LogP contribution is -2.53. The first-order valence-corrected chi connectivity index (χ1v) is 6.92. The van der Waals surface area contributed by atoms with Gasteiger partial charge in [0.1, 0.15) is 5.82 Å². The van der Waals surface area contributed by atoms with Crippen molar-refractivity contribution in [3.05, 3.63) is 17.7 Å². The third-order valence-electron chi connectivity index (χ3n) is 3.93. The van der Waals surface area contributed by atoms with Crippen LogP contribution in [0.3, 0.4) is 0 Å². The van der Waals surface area contributed by atoms with Crippen molar-refractivity contribution >= 4 is 11.6 Å². The molecule has 0 atom stereocenters. The fourth-order valence-electron chi connectivity index (χ4n) is 2.34. The van der Waals surface area contributed by atoms with Gasteiger partial charge in [-0.05, 0) is 25.7 Å². The number of nitrogens with zero attached hydrogens (tertiary/aromatic N) is 2. The summed E-state index contributed by atoms with van der Waals surface area (Å²) in [5.41, 5.74) is 6.42. The molecule has 1 aliphatic carbocycles. The number of nitrogens with two attached hydrogens (primary N) is 1. The van der Waals surface area contributed by atoms with Crippen LogP contribution in [0.15, 0.2) is 6.20 Å². The van der Waals surface area contributed by atoms with Crippen LogP contribution in [0, 0.1) is 0 Å². The number of hydrogen-bond acceptors (Lipinski definition) is 4. The van der Waals surface area contributed by atoms with Crippen LogP contribution in [0.5, 0.6) is 0 Å². The number of aromatic nitrogens is 2. The number of hydrogen-bond donors (Lipinski definition) is 2. The molecule has 1 aromatic rings. The maximum Gasteiger partial charge on any atom is 0.272 e. The van der Waals surface area contributed by atoms with Crippen LogP contribution in [0.25, 0.3) is 0 Å². The molecule has 1 aliphatic rings. The van der Waals surface area contributed by atoms with E-state index in [1.165, 1.54) is 12.6 Å². The minimum Gasteiger partial charge on any atom is -0.396 e. The lowest BCUT2D eigenvalue weighted by molar-refractivity contribution is 0.0815. The highest BCUT2D eigenvalue weighted by atomic mass is 16.2. The van der Waals surface area contributed by atoms with Crippen LogP contribution in [0.4, 0.5) is 5.69 Å². The average Bonchev–Trinajstić information content (AvgIpc) is 2.33. The lowest BCUT2D eigenvalue weighted by Gasteiger charge is -2.41. The Bertz CT molecular complexity index is 475. The van der Waals surface area contributed by atoms with Gasteiger partial charge in [0.25, 0.3) is 5.91 Å². The molecular formula is C14H22N4O. The topological polar surface area (TPSA) is 80.9 Å². The first-order chi connectivity index (χ1) is 8.97. The monoisotopic (exact) mass is 262 g/mol. The molecule has 1 amide bonds. The average molecular weight is 262 g/mol. The quantitative estimate of drug-likeness (QED) is 0.872. The minimum absolute atomic E-state index is 0.0491. The van der Waals surface area contributed by atoms with Crippen LogP contribution in [0.2, 0.25) is 0 Å². The summed E-state index contributed by atoms with van der Waals surface area (Å²) >= 11 is 0. The van der Waals surface area contributed by atoms with E-state index in [0.717, 1.165) is 19.3 Å². The second-order valence-corrected chi connectivity index (χ2v) is 5.63. The SMILES string of the molecule is CCC1(NC(=O)c2nc(C(C)C)ncc2N)CCC1. The third-order valence-corrected chi connectivity index (χ3v) is 3.93. The van der Waals surface area contributed by atoms with E-state index in [0.29, 0.717) is 17.2 Å². The predicted molar refractivity (Wildman–Crippen MR) is 74.9 cm³/mol. The zero-order valence-corrected chi connectivity index (χ0v) is 11.9. The number of carbonyl (C=O) groups excluding carboxylic acids is 1. The van der Waals surface area contributed by atoms with E-state index < -0.39 is 0 Å². The van der Waals surface area contributed by atoms with Gasteiger partial charge in [0.15, 0.2) is 5.69 Å². The van der Waals surface area contributed by atoms with Crippen molar-refractivity contribution in [3.63, 3.8) is 0 Å². The summed E-state index contributed by atoms with van der Waals surface area (Å²) in [7, 11) is 0. The van der Waals surface area contributed by atoms with Crippen LogP contribution >= 0.6 is 0 Å². The number of rotatable bonds is 4. The summed E-state index contributed by atoms with van der Waals surface area (Å²) in [6.45, 7) is 6.08. The van der Waals surface area contributed by atoms with Gasteiger partial charge in [-0.3, -0.25) is 4.79 Å². The number of carbonyl (C=O) groups is 1. The Labute approximate surface area is 114 Å². The molecular weight excluding hydrogens is 240 g/mol. The zero-order chi connectivity index (χ0) is 14.0. The number of nitrogens with one attached hydrogen (secondary N) is 1. The highest BCUT2D eigenvalue weighted by Gasteiger charge is 2.37. The number of anilines is 1. The minimum atomic E-state index is -0.177.